The van der Waals surface area contributed by atoms with E-state index in [-0.39, 0.29) is 11.8 Å². The van der Waals surface area contributed by atoms with Gasteiger partial charge in [-0.25, -0.2) is 0 Å². The van der Waals surface area contributed by atoms with Gasteiger partial charge in [-0.15, -0.1) is 0 Å². The van der Waals surface area contributed by atoms with E-state index in [1.807, 2.05) is 31.2 Å². The molecule has 1 aliphatic rings. The Bertz CT molecular complexity index is 438. The molecule has 3 nitrogen and oxygen atoms in total. The number of carbonyl (C=O) groups excluding carboxylic acids is 1. The van der Waals surface area contributed by atoms with Gasteiger partial charge >= 0.3 is 0 Å². The topological polar surface area (TPSA) is 29.5 Å². The van der Waals surface area contributed by atoms with Crippen molar-refractivity contribution in [3.8, 4) is 0 Å². The third-order valence-electron chi connectivity index (χ3n) is 4.11. The molecule has 0 aromatic heterocycles. The van der Waals surface area contributed by atoms with Gasteiger partial charge in [-0.3, -0.25) is 9.69 Å². The van der Waals surface area contributed by atoms with Crippen molar-refractivity contribution in [2.24, 2.45) is 5.92 Å². The summed E-state index contributed by atoms with van der Waals surface area (Å²) in [7, 11) is 1.76. The standard InChI is InChI=1S/C16H22BrNO2/c1-12(16(19)14-3-5-15(17)6-4-14)18-9-7-13(8-10-18)11-20-2/h3-6,12-13H,7-11H2,1-2H3. The second-order valence-electron chi connectivity index (χ2n) is 5.48. The summed E-state index contributed by atoms with van der Waals surface area (Å²) in [6.45, 7) is 4.82. The third-order valence-corrected chi connectivity index (χ3v) is 4.64. The fourth-order valence-electron chi connectivity index (χ4n) is 2.76. The molecule has 4 heteroatoms. The second kappa shape index (κ2) is 7.34. The van der Waals surface area contributed by atoms with E-state index in [9.17, 15) is 4.79 Å². The van der Waals surface area contributed by atoms with Crippen LogP contribution in [0.4, 0.5) is 0 Å². The summed E-state index contributed by atoms with van der Waals surface area (Å²) in [5.74, 6) is 0.855. The fourth-order valence-corrected chi connectivity index (χ4v) is 3.03. The van der Waals surface area contributed by atoms with Crippen LogP contribution in [0.3, 0.4) is 0 Å². The molecule has 1 unspecified atom stereocenters. The maximum Gasteiger partial charge on any atom is 0.179 e. The smallest absolute Gasteiger partial charge is 0.179 e. The zero-order valence-corrected chi connectivity index (χ0v) is 13.7. The minimum absolute atomic E-state index is 0.0420. The summed E-state index contributed by atoms with van der Waals surface area (Å²) in [6.07, 6.45) is 2.23. The van der Waals surface area contributed by atoms with Crippen LogP contribution in [0.15, 0.2) is 28.7 Å². The highest BCUT2D eigenvalue weighted by Crippen LogP contribution is 2.21. The number of Topliss-reactive ketones (excluding diaryl/α,β-unsaturated/α-hetero) is 1. The number of ketones is 1. The third kappa shape index (κ3) is 3.90. The van der Waals surface area contributed by atoms with Crippen molar-refractivity contribution < 1.29 is 9.53 Å². The van der Waals surface area contributed by atoms with Crippen molar-refractivity contribution in [2.75, 3.05) is 26.8 Å². The van der Waals surface area contributed by atoms with Gasteiger partial charge in [0.15, 0.2) is 5.78 Å². The van der Waals surface area contributed by atoms with Crippen molar-refractivity contribution in [1.82, 2.24) is 4.90 Å². The number of ether oxygens (including phenoxy) is 1. The zero-order chi connectivity index (χ0) is 14.5. The van der Waals surface area contributed by atoms with Gasteiger partial charge in [0.2, 0.25) is 0 Å². The molecule has 1 fully saturated rings. The van der Waals surface area contributed by atoms with Gasteiger partial charge in [-0.2, -0.15) is 0 Å². The molecule has 1 atom stereocenters. The van der Waals surface area contributed by atoms with E-state index in [1.165, 1.54) is 0 Å². The van der Waals surface area contributed by atoms with Crippen LogP contribution in [0.25, 0.3) is 0 Å². The van der Waals surface area contributed by atoms with E-state index in [0.717, 1.165) is 42.6 Å². The van der Waals surface area contributed by atoms with Crippen molar-refractivity contribution in [3.05, 3.63) is 34.3 Å². The highest BCUT2D eigenvalue weighted by molar-refractivity contribution is 9.10. The molecule has 0 saturated carbocycles. The van der Waals surface area contributed by atoms with Crippen LogP contribution in [0.1, 0.15) is 30.1 Å². The summed E-state index contributed by atoms with van der Waals surface area (Å²) in [5.41, 5.74) is 0.791. The number of nitrogens with zero attached hydrogens (tertiary/aromatic N) is 1. The lowest BCUT2D eigenvalue weighted by atomic mass is 9.95. The van der Waals surface area contributed by atoms with Crippen molar-refractivity contribution in [1.29, 1.82) is 0 Å². The number of likely N-dealkylation sites (tertiary alicyclic amines) is 1. The molecule has 0 aliphatic carbocycles. The van der Waals surface area contributed by atoms with Crippen LogP contribution >= 0.6 is 15.9 Å². The second-order valence-corrected chi connectivity index (χ2v) is 6.40. The highest BCUT2D eigenvalue weighted by atomic mass is 79.9. The molecule has 1 heterocycles. The predicted octanol–water partition coefficient (Wildman–Crippen LogP) is 3.38. The minimum Gasteiger partial charge on any atom is -0.384 e. The number of halogens is 1. The van der Waals surface area contributed by atoms with E-state index in [0.29, 0.717) is 5.92 Å². The van der Waals surface area contributed by atoms with E-state index < -0.39 is 0 Å². The Morgan fingerprint density at radius 3 is 2.50 bits per heavy atom. The Hall–Kier alpha value is -0.710. The van der Waals surface area contributed by atoms with Crippen LogP contribution < -0.4 is 0 Å². The molecule has 1 saturated heterocycles. The van der Waals surface area contributed by atoms with E-state index in [4.69, 9.17) is 4.74 Å². The quantitative estimate of drug-likeness (QED) is 0.770. The maximum absolute atomic E-state index is 12.5. The number of hydrogen-bond donors (Lipinski definition) is 0. The lowest BCUT2D eigenvalue weighted by molar-refractivity contribution is 0.0661. The molecule has 110 valence electrons. The summed E-state index contributed by atoms with van der Waals surface area (Å²) in [5, 5.41) is 0. The van der Waals surface area contributed by atoms with Gasteiger partial charge in [0.1, 0.15) is 0 Å². The Morgan fingerprint density at radius 2 is 1.95 bits per heavy atom. The Balaban J connectivity index is 1.93. The lowest BCUT2D eigenvalue weighted by Crippen LogP contribution is -2.44. The van der Waals surface area contributed by atoms with Gasteiger partial charge < -0.3 is 4.74 Å². The molecule has 1 aliphatic heterocycles. The largest absolute Gasteiger partial charge is 0.384 e. The Morgan fingerprint density at radius 1 is 1.35 bits per heavy atom. The van der Waals surface area contributed by atoms with Crippen LogP contribution in [-0.4, -0.2) is 43.5 Å². The van der Waals surface area contributed by atoms with Crippen LogP contribution in [0.5, 0.6) is 0 Å². The van der Waals surface area contributed by atoms with E-state index >= 15 is 0 Å². The molecular formula is C16H22BrNO2. The number of hydrogen-bond acceptors (Lipinski definition) is 3. The number of piperidine rings is 1. The molecule has 0 N–H and O–H groups in total. The predicted molar refractivity (Wildman–Crippen MR) is 84.1 cm³/mol. The van der Waals surface area contributed by atoms with Crippen LogP contribution in [-0.2, 0) is 4.74 Å². The molecule has 1 aromatic rings. The summed E-state index contributed by atoms with van der Waals surface area (Å²) >= 11 is 3.40. The highest BCUT2D eigenvalue weighted by Gasteiger charge is 2.27. The van der Waals surface area contributed by atoms with Crippen LogP contribution in [0, 0.1) is 5.92 Å². The molecule has 0 radical (unpaired) electrons. The lowest BCUT2D eigenvalue weighted by Gasteiger charge is -2.35. The minimum atomic E-state index is -0.0420. The first-order chi connectivity index (χ1) is 9.61. The van der Waals surface area contributed by atoms with E-state index in [1.54, 1.807) is 7.11 Å². The number of carbonyl (C=O) groups is 1. The fraction of sp³-hybridized carbons (Fsp3) is 0.562. The molecule has 20 heavy (non-hydrogen) atoms. The molecule has 0 bridgehead atoms. The van der Waals surface area contributed by atoms with Crippen molar-refractivity contribution in [3.63, 3.8) is 0 Å². The van der Waals surface area contributed by atoms with Crippen LogP contribution in [0.2, 0.25) is 0 Å². The zero-order valence-electron chi connectivity index (χ0n) is 12.1. The first kappa shape index (κ1) is 15.7. The molecule has 1 aromatic carbocycles. The first-order valence-corrected chi connectivity index (χ1v) is 7.94. The average molecular weight is 340 g/mol. The van der Waals surface area contributed by atoms with Crippen molar-refractivity contribution in [2.45, 2.75) is 25.8 Å². The van der Waals surface area contributed by atoms with Gasteiger partial charge in [-0.1, -0.05) is 28.1 Å². The van der Waals surface area contributed by atoms with E-state index in [2.05, 4.69) is 20.8 Å². The molecule has 0 amide bonds. The van der Waals surface area contributed by atoms with Gasteiger partial charge in [-0.05, 0) is 50.9 Å². The molecular weight excluding hydrogens is 318 g/mol. The van der Waals surface area contributed by atoms with Gasteiger partial charge in [0, 0.05) is 23.8 Å². The van der Waals surface area contributed by atoms with Gasteiger partial charge in [0.25, 0.3) is 0 Å². The summed E-state index contributed by atoms with van der Waals surface area (Å²) < 4.78 is 6.22. The normalized spacial score (nSPS) is 18.9. The molecule has 2 rings (SSSR count). The van der Waals surface area contributed by atoms with Gasteiger partial charge in [0.05, 0.1) is 6.04 Å². The molecule has 0 spiro atoms. The monoisotopic (exact) mass is 339 g/mol. The maximum atomic E-state index is 12.5. The van der Waals surface area contributed by atoms with Crippen molar-refractivity contribution >= 4 is 21.7 Å². The summed E-state index contributed by atoms with van der Waals surface area (Å²) in [6, 6.07) is 7.58. The summed E-state index contributed by atoms with van der Waals surface area (Å²) in [4.78, 5) is 14.8. The SMILES string of the molecule is COCC1CCN(C(C)C(=O)c2ccc(Br)cc2)CC1. The number of methoxy groups -OCH3 is 1. The average Bonchev–Trinajstić information content (AvgIpc) is 2.48. The Kier molecular flexibility index (Phi) is 5.75. The Labute approximate surface area is 129 Å². The number of rotatable bonds is 5. The first-order valence-electron chi connectivity index (χ1n) is 7.14. The number of benzene rings is 1.